The Morgan fingerprint density at radius 2 is 1.96 bits per heavy atom. The van der Waals surface area contributed by atoms with E-state index in [1.54, 1.807) is 36.4 Å². The monoisotopic (exact) mass is 370 g/mol. The molecule has 1 aliphatic rings. The summed E-state index contributed by atoms with van der Waals surface area (Å²) in [6.07, 6.45) is 3.40. The lowest BCUT2D eigenvalue weighted by molar-refractivity contribution is 0.0999. The average molecular weight is 370 g/mol. The van der Waals surface area contributed by atoms with Crippen molar-refractivity contribution in [2.45, 2.75) is 25.8 Å². The summed E-state index contributed by atoms with van der Waals surface area (Å²) in [7, 11) is 0. The third-order valence-corrected chi connectivity index (χ3v) is 4.81. The number of guanidine groups is 1. The minimum atomic E-state index is -0.571. The first-order valence-corrected chi connectivity index (χ1v) is 8.87. The topological polar surface area (TPSA) is 105 Å². The van der Waals surface area contributed by atoms with Crippen molar-refractivity contribution in [1.82, 2.24) is 0 Å². The van der Waals surface area contributed by atoms with Gasteiger partial charge in [-0.15, -0.1) is 0 Å². The molecule has 0 aromatic heterocycles. The Balaban J connectivity index is 1.93. The highest BCUT2D eigenvalue weighted by Crippen LogP contribution is 2.33. The molecule has 1 saturated carbocycles. The Bertz CT molecular complexity index is 852. The smallest absolute Gasteiger partial charge is 0.248 e. The van der Waals surface area contributed by atoms with Crippen LogP contribution in [0.25, 0.3) is 0 Å². The lowest BCUT2D eigenvalue weighted by atomic mass is 9.86. The standard InChI is InChI=1S/C20H23FN4O2/c21-16-7-2-1-6-15(16)11-25(20(23)24)17-9-8-14(19(22)26)10-18(17)27-12-13-4-3-5-13/h1-2,6-10,13H,3-5,11-12H2,(H2,22,26)(H3,23,24). The molecule has 3 rings (SSSR count). The molecule has 5 N–H and O–H groups in total. The predicted octanol–water partition coefficient (Wildman–Crippen LogP) is 3.00. The zero-order valence-electron chi connectivity index (χ0n) is 15.0. The summed E-state index contributed by atoms with van der Waals surface area (Å²) in [6, 6.07) is 11.0. The third kappa shape index (κ3) is 4.36. The molecular weight excluding hydrogens is 347 g/mol. The SMILES string of the molecule is N=C(N)N(Cc1ccccc1F)c1ccc(C(N)=O)cc1OCC1CCC1. The number of anilines is 1. The molecule has 2 aromatic rings. The van der Waals surface area contributed by atoms with Crippen molar-refractivity contribution >= 4 is 17.6 Å². The average Bonchev–Trinajstić information content (AvgIpc) is 2.59. The molecule has 1 amide bonds. The minimum absolute atomic E-state index is 0.0672. The molecular formula is C20H23FN4O2. The largest absolute Gasteiger partial charge is 0.491 e. The van der Waals surface area contributed by atoms with Crippen molar-refractivity contribution in [3.8, 4) is 5.75 Å². The van der Waals surface area contributed by atoms with E-state index in [4.69, 9.17) is 21.6 Å². The van der Waals surface area contributed by atoms with Crippen LogP contribution in [0.2, 0.25) is 0 Å². The molecule has 0 unspecified atom stereocenters. The number of amides is 1. The van der Waals surface area contributed by atoms with E-state index in [1.807, 2.05) is 0 Å². The molecule has 2 aromatic carbocycles. The Hall–Kier alpha value is -3.09. The van der Waals surface area contributed by atoms with Crippen molar-refractivity contribution in [1.29, 1.82) is 5.41 Å². The van der Waals surface area contributed by atoms with Gasteiger partial charge in [-0.25, -0.2) is 4.39 Å². The number of halogens is 1. The normalized spacial score (nSPS) is 13.7. The lowest BCUT2D eigenvalue weighted by Crippen LogP contribution is -2.36. The Morgan fingerprint density at radius 3 is 2.56 bits per heavy atom. The number of nitrogens with one attached hydrogen (secondary N) is 1. The highest BCUT2D eigenvalue weighted by molar-refractivity contribution is 5.97. The molecule has 1 aliphatic carbocycles. The Kier molecular flexibility index (Phi) is 5.59. The first-order valence-electron chi connectivity index (χ1n) is 8.87. The second kappa shape index (κ2) is 8.07. The molecule has 142 valence electrons. The van der Waals surface area contributed by atoms with Gasteiger partial charge < -0.3 is 21.1 Å². The number of carbonyl (C=O) groups excluding carboxylic acids is 1. The fourth-order valence-electron chi connectivity index (χ4n) is 2.97. The number of hydrogen-bond acceptors (Lipinski definition) is 3. The number of hydrogen-bond donors (Lipinski definition) is 3. The van der Waals surface area contributed by atoms with Crippen molar-refractivity contribution in [2.24, 2.45) is 17.4 Å². The van der Waals surface area contributed by atoms with Gasteiger partial charge in [-0.2, -0.15) is 0 Å². The van der Waals surface area contributed by atoms with Gasteiger partial charge in [0, 0.05) is 11.1 Å². The van der Waals surface area contributed by atoms with Crippen molar-refractivity contribution in [2.75, 3.05) is 11.5 Å². The van der Waals surface area contributed by atoms with E-state index in [-0.39, 0.29) is 18.3 Å². The summed E-state index contributed by atoms with van der Waals surface area (Å²) in [5.41, 5.74) is 12.3. The van der Waals surface area contributed by atoms with Crippen LogP contribution in [-0.4, -0.2) is 18.5 Å². The zero-order valence-corrected chi connectivity index (χ0v) is 15.0. The van der Waals surface area contributed by atoms with Crippen LogP contribution < -0.4 is 21.1 Å². The fourth-order valence-corrected chi connectivity index (χ4v) is 2.97. The first-order chi connectivity index (χ1) is 13.0. The van der Waals surface area contributed by atoms with Crippen molar-refractivity contribution < 1.29 is 13.9 Å². The van der Waals surface area contributed by atoms with E-state index in [2.05, 4.69) is 0 Å². The third-order valence-electron chi connectivity index (χ3n) is 4.81. The predicted molar refractivity (Wildman–Crippen MR) is 102 cm³/mol. The minimum Gasteiger partial charge on any atom is -0.491 e. The molecule has 0 spiro atoms. The van der Waals surface area contributed by atoms with Gasteiger partial charge in [0.05, 0.1) is 18.8 Å². The van der Waals surface area contributed by atoms with Crippen LogP contribution in [0.4, 0.5) is 10.1 Å². The second-order valence-corrected chi connectivity index (χ2v) is 6.72. The van der Waals surface area contributed by atoms with Crippen LogP contribution in [0.15, 0.2) is 42.5 Å². The molecule has 1 fully saturated rings. The molecule has 6 nitrogen and oxygen atoms in total. The van der Waals surface area contributed by atoms with E-state index in [0.29, 0.717) is 35.1 Å². The van der Waals surface area contributed by atoms with Crippen LogP contribution in [0, 0.1) is 17.1 Å². The summed E-state index contributed by atoms with van der Waals surface area (Å²) in [4.78, 5) is 13.0. The van der Waals surface area contributed by atoms with Crippen LogP contribution >= 0.6 is 0 Å². The molecule has 0 radical (unpaired) electrons. The van der Waals surface area contributed by atoms with Crippen molar-refractivity contribution in [3.05, 3.63) is 59.4 Å². The van der Waals surface area contributed by atoms with E-state index in [1.165, 1.54) is 17.4 Å². The van der Waals surface area contributed by atoms with Gasteiger partial charge in [0.15, 0.2) is 5.96 Å². The highest BCUT2D eigenvalue weighted by Gasteiger charge is 2.22. The molecule has 0 heterocycles. The van der Waals surface area contributed by atoms with Gasteiger partial charge in [-0.3, -0.25) is 10.2 Å². The summed E-state index contributed by atoms with van der Waals surface area (Å²) >= 11 is 0. The number of benzene rings is 2. The summed E-state index contributed by atoms with van der Waals surface area (Å²) < 4.78 is 20.0. The van der Waals surface area contributed by atoms with Gasteiger partial charge in [-0.1, -0.05) is 24.6 Å². The number of nitrogens with zero attached hydrogens (tertiary/aromatic N) is 1. The van der Waals surface area contributed by atoms with Crippen LogP contribution in [-0.2, 0) is 6.54 Å². The quantitative estimate of drug-likeness (QED) is 0.514. The highest BCUT2D eigenvalue weighted by atomic mass is 19.1. The van der Waals surface area contributed by atoms with Gasteiger partial charge in [0.25, 0.3) is 0 Å². The summed E-state index contributed by atoms with van der Waals surface area (Å²) in [6.45, 7) is 0.582. The maximum absolute atomic E-state index is 14.1. The number of primary amides is 1. The summed E-state index contributed by atoms with van der Waals surface area (Å²) in [5.74, 6) is -0.316. The zero-order chi connectivity index (χ0) is 19.4. The van der Waals surface area contributed by atoms with Gasteiger partial charge in [0.1, 0.15) is 11.6 Å². The van der Waals surface area contributed by atoms with E-state index in [0.717, 1.165) is 12.8 Å². The van der Waals surface area contributed by atoms with Crippen LogP contribution in [0.3, 0.4) is 0 Å². The Labute approximate surface area is 157 Å². The van der Waals surface area contributed by atoms with E-state index < -0.39 is 5.91 Å². The molecule has 0 saturated heterocycles. The van der Waals surface area contributed by atoms with Crippen LogP contribution in [0.1, 0.15) is 35.2 Å². The first kappa shape index (κ1) is 18.7. The maximum atomic E-state index is 14.1. The summed E-state index contributed by atoms with van der Waals surface area (Å²) in [5, 5.41) is 7.94. The number of nitrogens with two attached hydrogens (primary N) is 2. The molecule has 0 atom stereocenters. The van der Waals surface area contributed by atoms with Gasteiger partial charge in [-0.05, 0) is 43.0 Å². The molecule has 0 aliphatic heterocycles. The van der Waals surface area contributed by atoms with Gasteiger partial charge in [0.2, 0.25) is 5.91 Å². The molecule has 0 bridgehead atoms. The fraction of sp³-hybridized carbons (Fsp3) is 0.300. The molecule has 7 heteroatoms. The number of ether oxygens (including phenoxy) is 1. The number of carbonyl (C=O) groups is 1. The Morgan fingerprint density at radius 1 is 1.22 bits per heavy atom. The molecule has 27 heavy (non-hydrogen) atoms. The maximum Gasteiger partial charge on any atom is 0.248 e. The van der Waals surface area contributed by atoms with Crippen LogP contribution in [0.5, 0.6) is 5.75 Å². The lowest BCUT2D eigenvalue weighted by Gasteiger charge is -2.28. The van der Waals surface area contributed by atoms with Crippen molar-refractivity contribution in [3.63, 3.8) is 0 Å². The van der Waals surface area contributed by atoms with E-state index >= 15 is 0 Å². The van der Waals surface area contributed by atoms with Gasteiger partial charge >= 0.3 is 0 Å². The van der Waals surface area contributed by atoms with E-state index in [9.17, 15) is 9.18 Å². The number of rotatable bonds is 7. The second-order valence-electron chi connectivity index (χ2n) is 6.72.